The summed E-state index contributed by atoms with van der Waals surface area (Å²) in [4.78, 5) is 8.79. The molecule has 1 aromatic heterocycles. The fourth-order valence-corrected chi connectivity index (χ4v) is 2.99. The summed E-state index contributed by atoms with van der Waals surface area (Å²) < 4.78 is 7.05. The van der Waals surface area contributed by atoms with Gasteiger partial charge in [0.15, 0.2) is 11.8 Å². The third-order valence-electron chi connectivity index (χ3n) is 4.26. The molecule has 0 amide bonds. The van der Waals surface area contributed by atoms with Crippen LogP contribution >= 0.6 is 24.0 Å². The molecule has 8 nitrogen and oxygen atoms in total. The summed E-state index contributed by atoms with van der Waals surface area (Å²) in [5.41, 5.74) is 1.70. The molecule has 144 valence electrons. The minimum Gasteiger partial charge on any atom is -0.377 e. The number of aryl methyl sites for hydroxylation is 1. The molecule has 0 saturated carbocycles. The number of rotatable bonds is 5. The van der Waals surface area contributed by atoms with E-state index in [9.17, 15) is 0 Å². The minimum atomic E-state index is 0. The number of halogens is 1. The lowest BCUT2D eigenvalue weighted by molar-refractivity contribution is 0.177. The highest BCUT2D eigenvalue weighted by molar-refractivity contribution is 14.0. The van der Waals surface area contributed by atoms with Gasteiger partial charge >= 0.3 is 0 Å². The van der Waals surface area contributed by atoms with Crippen molar-refractivity contribution in [2.24, 2.45) is 4.99 Å². The number of aliphatic imine (C=N–C) groups is 1. The topological polar surface area (TPSA) is 100 Å². The van der Waals surface area contributed by atoms with Crippen molar-refractivity contribution in [3.63, 3.8) is 0 Å². The number of nitriles is 1. The summed E-state index contributed by atoms with van der Waals surface area (Å²) in [6.45, 7) is 1.79. The van der Waals surface area contributed by atoms with Gasteiger partial charge in [-0.25, -0.2) is 9.67 Å². The van der Waals surface area contributed by atoms with Gasteiger partial charge in [-0.1, -0.05) is 12.1 Å². The normalized spacial score (nSPS) is 16.0. The molecule has 0 radical (unpaired) electrons. The van der Waals surface area contributed by atoms with E-state index in [1.54, 1.807) is 20.2 Å². The van der Waals surface area contributed by atoms with Gasteiger partial charge in [0, 0.05) is 33.2 Å². The van der Waals surface area contributed by atoms with Gasteiger partial charge < -0.3 is 15.4 Å². The minimum absolute atomic E-state index is 0. The molecule has 0 spiro atoms. The predicted molar refractivity (Wildman–Crippen MR) is 113 cm³/mol. The molecule has 0 saturated heterocycles. The zero-order valence-corrected chi connectivity index (χ0v) is 17.8. The van der Waals surface area contributed by atoms with E-state index in [0.29, 0.717) is 18.7 Å². The third kappa shape index (κ3) is 5.64. The Morgan fingerprint density at radius 3 is 3.07 bits per heavy atom. The first-order valence-corrected chi connectivity index (χ1v) is 8.59. The Kier molecular flexibility index (Phi) is 7.99. The number of fused-ring (bicyclic) bond motifs is 1. The zero-order valence-electron chi connectivity index (χ0n) is 15.5. The van der Waals surface area contributed by atoms with Crippen LogP contribution < -0.4 is 10.6 Å². The molecule has 2 heterocycles. The lowest BCUT2D eigenvalue weighted by Crippen LogP contribution is -2.46. The van der Waals surface area contributed by atoms with Gasteiger partial charge in [0.2, 0.25) is 0 Å². The van der Waals surface area contributed by atoms with Gasteiger partial charge in [0.1, 0.15) is 12.4 Å². The Bertz CT molecular complexity index is 827. The number of benzene rings is 1. The molecule has 0 bridgehead atoms. The molecule has 1 atom stereocenters. The number of nitrogens with one attached hydrogen (secondary N) is 2. The molecule has 9 heteroatoms. The van der Waals surface area contributed by atoms with E-state index in [2.05, 4.69) is 31.8 Å². The second-order valence-electron chi connectivity index (χ2n) is 6.18. The molecule has 1 aromatic carbocycles. The van der Waals surface area contributed by atoms with Crippen molar-refractivity contribution in [3.05, 3.63) is 47.0 Å². The van der Waals surface area contributed by atoms with Gasteiger partial charge in [-0.15, -0.1) is 24.0 Å². The maximum atomic E-state index is 8.99. The van der Waals surface area contributed by atoms with E-state index in [-0.39, 0.29) is 30.0 Å². The number of hydrogen-bond acceptors (Lipinski definition) is 5. The number of nitrogens with zero attached hydrogens (tertiary/aromatic N) is 5. The maximum Gasteiger partial charge on any atom is 0.191 e. The summed E-state index contributed by atoms with van der Waals surface area (Å²) in [6.07, 6.45) is 1.84. The van der Waals surface area contributed by atoms with Crippen LogP contribution in [0.15, 0.2) is 29.3 Å². The highest BCUT2D eigenvalue weighted by Gasteiger charge is 2.22. The number of ether oxygens (including phenoxy) is 1. The standard InChI is InChI=1S/C18H23N7O.HI/c1-20-18(21-10-14-5-3-4-13(8-14)9-19)22-15-6-7-17-23-16(12-26-2)24-25(17)11-15;/h3-5,8,15H,6-7,10-12H2,1-2H3,(H2,20,21,22);1H. The Hall–Kier alpha value is -2.19. The molecule has 2 aromatic rings. The fraction of sp³-hybridized carbons (Fsp3) is 0.444. The van der Waals surface area contributed by atoms with Crippen molar-refractivity contribution in [3.8, 4) is 6.07 Å². The number of guanidine groups is 1. The van der Waals surface area contributed by atoms with Crippen LogP contribution in [0.3, 0.4) is 0 Å². The van der Waals surface area contributed by atoms with Gasteiger partial charge in [-0.05, 0) is 24.1 Å². The molecule has 2 N–H and O–H groups in total. The average molecular weight is 481 g/mol. The predicted octanol–water partition coefficient (Wildman–Crippen LogP) is 1.59. The third-order valence-corrected chi connectivity index (χ3v) is 4.26. The van der Waals surface area contributed by atoms with E-state index in [1.165, 1.54) is 0 Å². The summed E-state index contributed by atoms with van der Waals surface area (Å²) in [7, 11) is 3.40. The van der Waals surface area contributed by atoms with E-state index in [4.69, 9.17) is 10.00 Å². The van der Waals surface area contributed by atoms with Crippen LogP contribution in [-0.2, 0) is 30.9 Å². The van der Waals surface area contributed by atoms with Crippen LogP contribution in [-0.4, -0.2) is 40.9 Å². The highest BCUT2D eigenvalue weighted by atomic mass is 127. The van der Waals surface area contributed by atoms with Crippen LogP contribution in [0.4, 0.5) is 0 Å². The Labute approximate surface area is 176 Å². The van der Waals surface area contributed by atoms with Gasteiger partial charge in [-0.2, -0.15) is 10.4 Å². The van der Waals surface area contributed by atoms with E-state index < -0.39 is 0 Å². The van der Waals surface area contributed by atoms with Crippen LogP contribution in [0.25, 0.3) is 0 Å². The van der Waals surface area contributed by atoms with Crippen molar-refractivity contribution in [1.29, 1.82) is 5.26 Å². The summed E-state index contributed by atoms with van der Waals surface area (Å²) in [5, 5.41) is 20.2. The molecule has 1 unspecified atom stereocenters. The van der Waals surface area contributed by atoms with E-state index >= 15 is 0 Å². The smallest absolute Gasteiger partial charge is 0.191 e. The van der Waals surface area contributed by atoms with Crippen LogP contribution in [0.5, 0.6) is 0 Å². The SMILES string of the molecule is CN=C(NCc1cccc(C#N)c1)NC1CCc2nc(COC)nn2C1.I. The number of aromatic nitrogens is 3. The largest absolute Gasteiger partial charge is 0.377 e. The first-order valence-electron chi connectivity index (χ1n) is 8.59. The Morgan fingerprint density at radius 2 is 2.33 bits per heavy atom. The second kappa shape index (κ2) is 10.2. The van der Waals surface area contributed by atoms with Gasteiger partial charge in [-0.3, -0.25) is 4.99 Å². The molecule has 0 fully saturated rings. The first-order chi connectivity index (χ1) is 12.7. The summed E-state index contributed by atoms with van der Waals surface area (Å²) in [6, 6.07) is 9.93. The number of methoxy groups -OCH3 is 1. The van der Waals surface area contributed by atoms with Crippen LogP contribution in [0.1, 0.15) is 29.2 Å². The van der Waals surface area contributed by atoms with Gasteiger partial charge in [0.05, 0.1) is 18.2 Å². The maximum absolute atomic E-state index is 8.99. The fourth-order valence-electron chi connectivity index (χ4n) is 2.99. The molecule has 1 aliphatic heterocycles. The zero-order chi connectivity index (χ0) is 18.4. The molecule has 1 aliphatic rings. The lowest BCUT2D eigenvalue weighted by Gasteiger charge is -2.25. The highest BCUT2D eigenvalue weighted by Crippen LogP contribution is 2.13. The van der Waals surface area contributed by atoms with E-state index in [0.717, 1.165) is 42.6 Å². The van der Waals surface area contributed by atoms with Gasteiger partial charge in [0.25, 0.3) is 0 Å². The first kappa shape index (κ1) is 21.1. The quantitative estimate of drug-likeness (QED) is 0.383. The second-order valence-corrected chi connectivity index (χ2v) is 6.18. The van der Waals surface area contributed by atoms with Crippen molar-refractivity contribution in [2.75, 3.05) is 14.2 Å². The summed E-state index contributed by atoms with van der Waals surface area (Å²) in [5.74, 6) is 2.47. The molecular formula is C18H24IN7O. The Morgan fingerprint density at radius 1 is 1.48 bits per heavy atom. The number of hydrogen-bond donors (Lipinski definition) is 2. The summed E-state index contributed by atoms with van der Waals surface area (Å²) >= 11 is 0. The van der Waals surface area contributed by atoms with Crippen molar-refractivity contribution < 1.29 is 4.74 Å². The van der Waals surface area contributed by atoms with Crippen molar-refractivity contribution >= 4 is 29.9 Å². The molecule has 0 aliphatic carbocycles. The molecule has 27 heavy (non-hydrogen) atoms. The van der Waals surface area contributed by atoms with Crippen molar-refractivity contribution in [2.45, 2.75) is 38.6 Å². The van der Waals surface area contributed by atoms with E-state index in [1.807, 2.05) is 22.9 Å². The van der Waals surface area contributed by atoms with Crippen LogP contribution in [0, 0.1) is 11.3 Å². The lowest BCUT2D eigenvalue weighted by atomic mass is 10.1. The molecular weight excluding hydrogens is 457 g/mol. The van der Waals surface area contributed by atoms with Crippen molar-refractivity contribution in [1.82, 2.24) is 25.4 Å². The monoisotopic (exact) mass is 481 g/mol. The molecule has 3 rings (SSSR count). The van der Waals surface area contributed by atoms with Crippen LogP contribution in [0.2, 0.25) is 0 Å². The Balaban J connectivity index is 0.00000261. The average Bonchev–Trinajstić information content (AvgIpc) is 3.07.